The number of urea groups is 1. The van der Waals surface area contributed by atoms with E-state index in [2.05, 4.69) is 26.3 Å². The van der Waals surface area contributed by atoms with E-state index < -0.39 is 17.5 Å². The van der Waals surface area contributed by atoms with Crippen molar-refractivity contribution < 1.29 is 19.1 Å². The minimum atomic E-state index is -0.868. The zero-order chi connectivity index (χ0) is 22.6. The lowest BCUT2D eigenvalue weighted by molar-refractivity contribution is -0.139. The van der Waals surface area contributed by atoms with Gasteiger partial charge in [-0.2, -0.15) is 5.01 Å². The molecule has 170 valence electrons. The lowest BCUT2D eigenvalue weighted by atomic mass is 9.82. The number of thioether (sulfide) groups is 1. The maximum absolute atomic E-state index is 12.7. The topological polar surface area (TPSA) is 126 Å². The molecular weight excluding hydrogens is 452 g/mol. The fourth-order valence-electron chi connectivity index (χ4n) is 3.79. The van der Waals surface area contributed by atoms with Crippen molar-refractivity contribution in [3.05, 3.63) is 24.3 Å². The molecule has 1 saturated heterocycles. The quantitative estimate of drug-likeness (QED) is 0.392. The maximum atomic E-state index is 12.7. The Bertz CT molecular complexity index is 1010. The number of anilines is 2. The van der Waals surface area contributed by atoms with Gasteiger partial charge in [-0.1, -0.05) is 54.5 Å². The van der Waals surface area contributed by atoms with Crippen LogP contribution in [0.5, 0.6) is 5.75 Å². The normalized spacial score (nSPS) is 17.3. The molecule has 32 heavy (non-hydrogen) atoms. The largest absolute Gasteiger partial charge is 0.492 e. The van der Waals surface area contributed by atoms with E-state index in [-0.39, 0.29) is 11.7 Å². The molecular formula is C20H24N6O4S2. The van der Waals surface area contributed by atoms with E-state index in [0.717, 1.165) is 30.0 Å². The van der Waals surface area contributed by atoms with Crippen LogP contribution in [0.3, 0.4) is 0 Å². The second-order valence-electron chi connectivity index (χ2n) is 7.46. The predicted molar refractivity (Wildman–Crippen MR) is 121 cm³/mol. The van der Waals surface area contributed by atoms with Crippen LogP contribution in [-0.2, 0) is 9.59 Å². The number of amides is 4. The van der Waals surface area contributed by atoms with Gasteiger partial charge in [-0.15, -0.1) is 10.2 Å². The van der Waals surface area contributed by atoms with E-state index >= 15 is 0 Å². The highest BCUT2D eigenvalue weighted by molar-refractivity contribution is 8.01. The molecule has 1 aromatic carbocycles. The van der Waals surface area contributed by atoms with E-state index in [1.54, 1.807) is 0 Å². The van der Waals surface area contributed by atoms with Crippen molar-refractivity contribution in [2.75, 3.05) is 17.7 Å². The highest BCUT2D eigenvalue weighted by Gasteiger charge is 2.52. The standard InChI is InChI=1S/C20H24N6O4S2/c1-2-30-14-9-5-4-8-13(14)21-17-23-24-19(32-17)31-12-15(27)25-26-16(28)20(22-18(26)29)10-6-3-7-11-20/h4-5,8-9H,2-3,6-7,10-12H2,1H3,(H,21,23)(H,22,29)(H,25,27). The third-order valence-corrected chi connectivity index (χ3v) is 7.24. The Hall–Kier alpha value is -2.86. The first kappa shape index (κ1) is 22.3. The van der Waals surface area contributed by atoms with Crippen molar-refractivity contribution in [1.29, 1.82) is 0 Å². The number of hydrazine groups is 1. The zero-order valence-corrected chi connectivity index (χ0v) is 19.2. The lowest BCUT2D eigenvalue weighted by Gasteiger charge is -2.30. The molecule has 2 fully saturated rings. The molecule has 1 saturated carbocycles. The van der Waals surface area contributed by atoms with E-state index in [4.69, 9.17) is 4.74 Å². The third kappa shape index (κ3) is 4.80. The number of hydrogen-bond donors (Lipinski definition) is 3. The number of para-hydroxylation sites is 2. The summed E-state index contributed by atoms with van der Waals surface area (Å²) in [5, 5.41) is 15.5. The highest BCUT2D eigenvalue weighted by atomic mass is 32.2. The first-order chi connectivity index (χ1) is 15.5. The van der Waals surface area contributed by atoms with Gasteiger partial charge in [0.2, 0.25) is 11.0 Å². The van der Waals surface area contributed by atoms with Crippen LogP contribution in [0.25, 0.3) is 0 Å². The summed E-state index contributed by atoms with van der Waals surface area (Å²) in [6.07, 6.45) is 4.01. The van der Waals surface area contributed by atoms with Gasteiger partial charge in [0.15, 0.2) is 4.34 Å². The molecule has 12 heteroatoms. The number of carbonyl (C=O) groups excluding carboxylic acids is 3. The van der Waals surface area contributed by atoms with Gasteiger partial charge in [-0.3, -0.25) is 15.0 Å². The van der Waals surface area contributed by atoms with E-state index in [1.165, 1.54) is 23.1 Å². The first-order valence-corrected chi connectivity index (χ1v) is 12.2. The van der Waals surface area contributed by atoms with Crippen LogP contribution in [0.1, 0.15) is 39.0 Å². The number of hydrogen-bond acceptors (Lipinski definition) is 9. The maximum Gasteiger partial charge on any atom is 0.344 e. The van der Waals surface area contributed by atoms with Gasteiger partial charge in [0.25, 0.3) is 5.91 Å². The number of carbonyl (C=O) groups is 3. The summed E-state index contributed by atoms with van der Waals surface area (Å²) in [6, 6.07) is 6.94. The monoisotopic (exact) mass is 476 g/mol. The predicted octanol–water partition coefficient (Wildman–Crippen LogP) is 3.06. The summed E-state index contributed by atoms with van der Waals surface area (Å²) in [6.45, 7) is 2.46. The average Bonchev–Trinajstić information content (AvgIpc) is 3.32. The van der Waals surface area contributed by atoms with E-state index in [9.17, 15) is 14.4 Å². The van der Waals surface area contributed by atoms with Crippen LogP contribution in [-0.4, -0.2) is 51.0 Å². The summed E-state index contributed by atoms with van der Waals surface area (Å²) in [4.78, 5) is 37.4. The van der Waals surface area contributed by atoms with Gasteiger partial charge in [-0.05, 0) is 31.9 Å². The van der Waals surface area contributed by atoms with Gasteiger partial charge in [0.1, 0.15) is 11.3 Å². The molecule has 2 aliphatic rings. The number of nitrogens with one attached hydrogen (secondary N) is 3. The lowest BCUT2D eigenvalue weighted by Crippen LogP contribution is -2.51. The Morgan fingerprint density at radius 2 is 2.03 bits per heavy atom. The van der Waals surface area contributed by atoms with Gasteiger partial charge in [-0.25, -0.2) is 4.79 Å². The van der Waals surface area contributed by atoms with Crippen molar-refractivity contribution in [2.24, 2.45) is 0 Å². The molecule has 0 radical (unpaired) electrons. The van der Waals surface area contributed by atoms with Crippen molar-refractivity contribution in [1.82, 2.24) is 25.9 Å². The Morgan fingerprint density at radius 3 is 2.81 bits per heavy atom. The smallest absolute Gasteiger partial charge is 0.344 e. The number of ether oxygens (including phenoxy) is 1. The Balaban J connectivity index is 1.30. The highest BCUT2D eigenvalue weighted by Crippen LogP contribution is 2.34. The van der Waals surface area contributed by atoms with Crippen LogP contribution in [0.4, 0.5) is 15.6 Å². The van der Waals surface area contributed by atoms with Crippen LogP contribution < -0.4 is 20.8 Å². The molecule has 1 aliphatic carbocycles. The number of aromatic nitrogens is 2. The summed E-state index contributed by atoms with van der Waals surface area (Å²) in [5.41, 5.74) is 2.33. The molecule has 2 heterocycles. The van der Waals surface area contributed by atoms with Crippen molar-refractivity contribution >= 4 is 51.8 Å². The molecule has 1 spiro atoms. The molecule has 0 bridgehead atoms. The van der Waals surface area contributed by atoms with Gasteiger partial charge >= 0.3 is 6.03 Å². The Morgan fingerprint density at radius 1 is 1.25 bits per heavy atom. The van der Waals surface area contributed by atoms with Crippen molar-refractivity contribution in [2.45, 2.75) is 48.9 Å². The fraction of sp³-hybridized carbons (Fsp3) is 0.450. The minimum Gasteiger partial charge on any atom is -0.492 e. The summed E-state index contributed by atoms with van der Waals surface area (Å²) >= 11 is 2.47. The van der Waals surface area contributed by atoms with Crippen LogP contribution in [0.2, 0.25) is 0 Å². The molecule has 2 aromatic rings. The Kier molecular flexibility index (Phi) is 6.80. The first-order valence-electron chi connectivity index (χ1n) is 10.4. The van der Waals surface area contributed by atoms with Crippen molar-refractivity contribution in [3.63, 3.8) is 0 Å². The number of imide groups is 1. The molecule has 10 nitrogen and oxygen atoms in total. The molecule has 4 rings (SSSR count). The van der Waals surface area contributed by atoms with Gasteiger partial charge in [0, 0.05) is 0 Å². The van der Waals surface area contributed by atoms with Gasteiger partial charge in [0.05, 0.1) is 18.0 Å². The molecule has 4 amide bonds. The Labute approximate surface area is 193 Å². The van der Waals surface area contributed by atoms with E-state index in [1.807, 2.05) is 31.2 Å². The molecule has 1 aromatic heterocycles. The second kappa shape index (κ2) is 9.74. The minimum absolute atomic E-state index is 0.00573. The number of nitrogens with zero attached hydrogens (tertiary/aromatic N) is 3. The van der Waals surface area contributed by atoms with Crippen LogP contribution in [0.15, 0.2) is 28.6 Å². The third-order valence-electron chi connectivity index (χ3n) is 5.27. The fourth-order valence-corrected chi connectivity index (χ4v) is 5.34. The molecule has 0 unspecified atom stereocenters. The second-order valence-corrected chi connectivity index (χ2v) is 9.66. The van der Waals surface area contributed by atoms with Crippen molar-refractivity contribution in [3.8, 4) is 5.75 Å². The number of benzene rings is 1. The van der Waals surface area contributed by atoms with Crippen LogP contribution in [0, 0.1) is 0 Å². The summed E-state index contributed by atoms with van der Waals surface area (Å²) < 4.78 is 6.17. The zero-order valence-electron chi connectivity index (χ0n) is 17.6. The number of rotatable bonds is 8. The van der Waals surface area contributed by atoms with Gasteiger partial charge < -0.3 is 15.4 Å². The average molecular weight is 477 g/mol. The molecule has 3 N–H and O–H groups in total. The van der Waals surface area contributed by atoms with Crippen LogP contribution >= 0.6 is 23.1 Å². The van der Waals surface area contributed by atoms with E-state index in [0.29, 0.717) is 34.7 Å². The summed E-state index contributed by atoms with van der Waals surface area (Å²) in [5.74, 6) is -0.134. The summed E-state index contributed by atoms with van der Waals surface area (Å²) in [7, 11) is 0. The molecule has 1 aliphatic heterocycles. The SMILES string of the molecule is CCOc1ccccc1Nc1nnc(SCC(=O)NN2C(=O)NC3(CCCCC3)C2=O)s1. The molecule has 0 atom stereocenters.